The summed E-state index contributed by atoms with van der Waals surface area (Å²) >= 11 is 5.94. The number of hydrogen-bond acceptors (Lipinski definition) is 6. The normalized spacial score (nSPS) is 14.7. The molecule has 1 aromatic heterocycles. The SMILES string of the molecule is N#Cc1ccc(Cl)cc1NC(=O)C(=O)NCC(c1ccco1)N1CCN(c2ccc(F)cc2)CC1. The van der Waals surface area contributed by atoms with E-state index in [4.69, 9.17) is 16.0 Å². The van der Waals surface area contributed by atoms with Crippen LogP contribution in [0.5, 0.6) is 0 Å². The Kier molecular flexibility index (Phi) is 7.65. The molecule has 0 saturated carbocycles. The highest BCUT2D eigenvalue weighted by Gasteiger charge is 2.28. The van der Waals surface area contributed by atoms with E-state index in [0.717, 1.165) is 5.69 Å². The van der Waals surface area contributed by atoms with E-state index < -0.39 is 11.8 Å². The molecule has 2 N–H and O–H groups in total. The van der Waals surface area contributed by atoms with Crippen molar-refractivity contribution in [1.82, 2.24) is 10.2 Å². The summed E-state index contributed by atoms with van der Waals surface area (Å²) in [5, 5.41) is 14.6. The fraction of sp³-hybridized carbons (Fsp3) is 0.240. The zero-order valence-electron chi connectivity index (χ0n) is 18.7. The number of carbonyl (C=O) groups is 2. The summed E-state index contributed by atoms with van der Waals surface area (Å²) in [4.78, 5) is 29.3. The Bertz CT molecular complexity index is 1220. The van der Waals surface area contributed by atoms with E-state index in [1.807, 2.05) is 12.1 Å². The molecule has 0 bridgehead atoms. The number of halogens is 2. The molecule has 1 aliphatic heterocycles. The Hall–Kier alpha value is -3.87. The molecule has 1 saturated heterocycles. The molecule has 0 aliphatic carbocycles. The van der Waals surface area contributed by atoms with Crippen LogP contribution in [0.3, 0.4) is 0 Å². The van der Waals surface area contributed by atoms with Crippen LogP contribution in [0.4, 0.5) is 15.8 Å². The summed E-state index contributed by atoms with van der Waals surface area (Å²) in [7, 11) is 0. The monoisotopic (exact) mass is 495 g/mol. The van der Waals surface area contributed by atoms with Crippen molar-refractivity contribution >= 4 is 34.8 Å². The van der Waals surface area contributed by atoms with Crippen molar-refractivity contribution < 1.29 is 18.4 Å². The number of carbonyl (C=O) groups excluding carboxylic acids is 2. The minimum absolute atomic E-state index is 0.150. The number of hydrogen-bond donors (Lipinski definition) is 2. The average Bonchev–Trinajstić information content (AvgIpc) is 3.40. The molecule has 8 nitrogen and oxygen atoms in total. The maximum absolute atomic E-state index is 13.2. The molecular weight excluding hydrogens is 473 g/mol. The third-order valence-electron chi connectivity index (χ3n) is 5.83. The summed E-state index contributed by atoms with van der Waals surface area (Å²) in [6.07, 6.45) is 1.56. The number of rotatable bonds is 6. The van der Waals surface area contributed by atoms with E-state index in [9.17, 15) is 19.2 Å². The van der Waals surface area contributed by atoms with Crippen molar-refractivity contribution in [3.63, 3.8) is 0 Å². The van der Waals surface area contributed by atoms with Gasteiger partial charge in [0.25, 0.3) is 0 Å². The van der Waals surface area contributed by atoms with Gasteiger partial charge in [-0.1, -0.05) is 11.6 Å². The number of nitriles is 1. The summed E-state index contributed by atoms with van der Waals surface area (Å²) < 4.78 is 18.8. The molecule has 10 heteroatoms. The lowest BCUT2D eigenvalue weighted by Gasteiger charge is -2.39. The van der Waals surface area contributed by atoms with Gasteiger partial charge in [0.15, 0.2) is 0 Å². The fourth-order valence-electron chi connectivity index (χ4n) is 4.00. The average molecular weight is 496 g/mol. The predicted molar refractivity (Wildman–Crippen MR) is 129 cm³/mol. The van der Waals surface area contributed by atoms with Crippen molar-refractivity contribution in [2.75, 3.05) is 42.9 Å². The molecule has 1 fully saturated rings. The Morgan fingerprint density at radius 1 is 1.09 bits per heavy atom. The zero-order valence-corrected chi connectivity index (χ0v) is 19.5. The molecule has 180 valence electrons. The first-order valence-corrected chi connectivity index (χ1v) is 11.4. The quantitative estimate of drug-likeness (QED) is 0.507. The lowest BCUT2D eigenvalue weighted by Crippen LogP contribution is -2.50. The van der Waals surface area contributed by atoms with Crippen LogP contribution in [0.1, 0.15) is 17.4 Å². The molecule has 2 heterocycles. The van der Waals surface area contributed by atoms with E-state index >= 15 is 0 Å². The Morgan fingerprint density at radius 2 is 1.83 bits per heavy atom. The molecule has 1 aliphatic rings. The minimum Gasteiger partial charge on any atom is -0.468 e. The second-order valence-corrected chi connectivity index (χ2v) is 8.43. The van der Waals surface area contributed by atoms with Gasteiger partial charge in [0.2, 0.25) is 0 Å². The fourth-order valence-corrected chi connectivity index (χ4v) is 4.17. The van der Waals surface area contributed by atoms with Crippen molar-refractivity contribution in [3.05, 3.63) is 83.0 Å². The topological polar surface area (TPSA) is 102 Å². The Labute approximate surface area is 206 Å². The highest BCUT2D eigenvalue weighted by atomic mass is 35.5. The van der Waals surface area contributed by atoms with Gasteiger partial charge in [-0.3, -0.25) is 14.5 Å². The van der Waals surface area contributed by atoms with E-state index in [1.54, 1.807) is 24.5 Å². The van der Waals surface area contributed by atoms with Crippen LogP contribution in [0.15, 0.2) is 65.3 Å². The maximum atomic E-state index is 13.2. The molecular formula is C25H23ClFN5O3. The van der Waals surface area contributed by atoms with Crippen molar-refractivity contribution in [2.45, 2.75) is 6.04 Å². The Balaban J connectivity index is 1.38. The smallest absolute Gasteiger partial charge is 0.313 e. The van der Waals surface area contributed by atoms with Crippen molar-refractivity contribution in [2.24, 2.45) is 0 Å². The summed E-state index contributed by atoms with van der Waals surface area (Å²) in [5.74, 6) is -1.34. The first-order valence-electron chi connectivity index (χ1n) is 11.0. The van der Waals surface area contributed by atoms with E-state index in [2.05, 4.69) is 20.4 Å². The largest absolute Gasteiger partial charge is 0.468 e. The molecule has 1 unspecified atom stereocenters. The van der Waals surface area contributed by atoms with E-state index in [-0.39, 0.29) is 29.7 Å². The number of amides is 2. The third-order valence-corrected chi connectivity index (χ3v) is 6.07. The van der Waals surface area contributed by atoms with Gasteiger partial charge in [0.1, 0.15) is 17.6 Å². The molecule has 0 radical (unpaired) electrons. The second kappa shape index (κ2) is 11.0. The van der Waals surface area contributed by atoms with Gasteiger partial charge in [-0.25, -0.2) is 4.39 Å². The number of nitrogens with one attached hydrogen (secondary N) is 2. The lowest BCUT2D eigenvalue weighted by atomic mass is 10.1. The number of furan rings is 1. The first-order chi connectivity index (χ1) is 16.9. The minimum atomic E-state index is -0.900. The molecule has 0 spiro atoms. The molecule has 2 aromatic carbocycles. The van der Waals surface area contributed by atoms with Gasteiger partial charge in [0, 0.05) is 43.4 Å². The lowest BCUT2D eigenvalue weighted by molar-refractivity contribution is -0.136. The van der Waals surface area contributed by atoms with Crippen LogP contribution in [0.25, 0.3) is 0 Å². The van der Waals surface area contributed by atoms with Crippen LogP contribution in [-0.4, -0.2) is 49.4 Å². The van der Waals surface area contributed by atoms with Crippen molar-refractivity contribution in [1.29, 1.82) is 5.26 Å². The van der Waals surface area contributed by atoms with Gasteiger partial charge in [-0.05, 0) is 54.6 Å². The summed E-state index contributed by atoms with van der Waals surface area (Å²) in [5.41, 5.74) is 1.31. The van der Waals surface area contributed by atoms with E-state index in [0.29, 0.717) is 37.0 Å². The summed E-state index contributed by atoms with van der Waals surface area (Å²) in [6, 6.07) is 16.1. The number of piperazine rings is 1. The molecule has 35 heavy (non-hydrogen) atoms. The van der Waals surface area contributed by atoms with Crippen LogP contribution >= 0.6 is 11.6 Å². The van der Waals surface area contributed by atoms with Crippen LogP contribution < -0.4 is 15.5 Å². The second-order valence-electron chi connectivity index (χ2n) is 8.00. The van der Waals surface area contributed by atoms with Crippen LogP contribution in [0.2, 0.25) is 5.02 Å². The van der Waals surface area contributed by atoms with Gasteiger partial charge < -0.3 is 20.0 Å². The highest BCUT2D eigenvalue weighted by Crippen LogP contribution is 2.25. The predicted octanol–water partition coefficient (Wildman–Crippen LogP) is 3.56. The van der Waals surface area contributed by atoms with Crippen molar-refractivity contribution in [3.8, 4) is 6.07 Å². The first kappa shape index (κ1) is 24.3. The molecule has 3 aromatic rings. The van der Waals surface area contributed by atoms with Crippen LogP contribution in [0, 0.1) is 17.1 Å². The standard InChI is InChI=1S/C25H23ClFN5O3/c26-18-4-3-17(15-28)21(14-18)30-25(34)24(33)29-16-22(23-2-1-13-35-23)32-11-9-31(10-12-32)20-7-5-19(27)6-8-20/h1-8,13-14,22H,9-12,16H2,(H,29,33)(H,30,34). The third kappa shape index (κ3) is 5.98. The maximum Gasteiger partial charge on any atom is 0.313 e. The number of nitrogens with zero attached hydrogens (tertiary/aromatic N) is 3. The highest BCUT2D eigenvalue weighted by molar-refractivity contribution is 6.40. The molecule has 1 atom stereocenters. The van der Waals surface area contributed by atoms with Gasteiger partial charge >= 0.3 is 11.8 Å². The van der Waals surface area contributed by atoms with Gasteiger partial charge in [-0.2, -0.15) is 5.26 Å². The van der Waals surface area contributed by atoms with Gasteiger partial charge in [0.05, 0.1) is 23.6 Å². The Morgan fingerprint density at radius 3 is 2.49 bits per heavy atom. The number of benzene rings is 2. The molecule has 4 rings (SSSR count). The number of anilines is 2. The molecule has 2 amide bonds. The van der Waals surface area contributed by atoms with Gasteiger partial charge in [-0.15, -0.1) is 0 Å². The summed E-state index contributed by atoms with van der Waals surface area (Å²) in [6.45, 7) is 2.93. The zero-order chi connectivity index (χ0) is 24.8. The van der Waals surface area contributed by atoms with Crippen LogP contribution in [-0.2, 0) is 9.59 Å². The van der Waals surface area contributed by atoms with E-state index in [1.165, 1.54) is 30.3 Å².